The first-order valence-corrected chi connectivity index (χ1v) is 24.0. The van der Waals surface area contributed by atoms with Crippen LogP contribution in [-0.2, 0) is 32.7 Å². The van der Waals surface area contributed by atoms with Gasteiger partial charge in [0.15, 0.2) is 6.10 Å². The van der Waals surface area contributed by atoms with E-state index in [9.17, 15) is 19.0 Å². The Labute approximate surface area is 354 Å². The molecule has 0 fully saturated rings. The first-order chi connectivity index (χ1) is 28.3. The van der Waals surface area contributed by atoms with Crippen LogP contribution in [0.4, 0.5) is 0 Å². The number of esters is 2. The maximum absolute atomic E-state index is 12.6. The highest BCUT2D eigenvalue weighted by atomic mass is 31.2. The molecule has 58 heavy (non-hydrogen) atoms. The lowest BCUT2D eigenvalue weighted by molar-refractivity contribution is -0.161. The minimum Gasteiger partial charge on any atom is -0.462 e. The van der Waals surface area contributed by atoms with Gasteiger partial charge in [-0.3, -0.25) is 18.6 Å². The van der Waals surface area contributed by atoms with Gasteiger partial charge in [-0.05, 0) is 103 Å². The monoisotopic (exact) mass is 829 g/mol. The number of phosphoric acid groups is 1. The van der Waals surface area contributed by atoms with E-state index in [0.717, 1.165) is 96.3 Å². The van der Waals surface area contributed by atoms with Crippen LogP contribution in [0.1, 0.15) is 175 Å². The fourth-order valence-corrected chi connectivity index (χ4v) is 6.36. The summed E-state index contributed by atoms with van der Waals surface area (Å²) in [4.78, 5) is 34.8. The van der Waals surface area contributed by atoms with E-state index in [1.165, 1.54) is 38.5 Å². The number of allylic oxidation sites excluding steroid dienone is 16. The van der Waals surface area contributed by atoms with E-state index in [1.807, 2.05) is 0 Å². The summed E-state index contributed by atoms with van der Waals surface area (Å²) in [6.07, 6.45) is 57.4. The van der Waals surface area contributed by atoms with Crippen molar-refractivity contribution < 1.29 is 37.6 Å². The van der Waals surface area contributed by atoms with Gasteiger partial charge in [-0.1, -0.05) is 156 Å². The molecule has 0 aliphatic rings. The van der Waals surface area contributed by atoms with Crippen LogP contribution in [0.25, 0.3) is 0 Å². The standard InChI is InChI=1S/C49H81O8P/c1-4-7-9-11-13-15-17-19-21-23-25-27-29-31-33-35-37-39-41-43-48(50)54-45-47(46-56-58(52,53)55-6-3)57-49(51)44-42-40-38-36-34-32-30-28-26-24-22-20-18-16-14-12-10-8-5-2/h8,10,13-16,19-22,25-28,32,34,47H,4-7,9,11-12,17-18,23-24,29-31,33,35-46H2,1-3H3,(H,52,53)/b10-8-,15-13-,16-14-,21-19-,22-20-,27-25-,28-26-,34-32-. The van der Waals surface area contributed by atoms with Crippen molar-refractivity contribution in [3.05, 3.63) is 97.2 Å². The van der Waals surface area contributed by atoms with Gasteiger partial charge < -0.3 is 14.4 Å². The van der Waals surface area contributed by atoms with Crippen LogP contribution in [0.2, 0.25) is 0 Å². The van der Waals surface area contributed by atoms with E-state index < -0.39 is 32.5 Å². The van der Waals surface area contributed by atoms with Crippen molar-refractivity contribution in [3.8, 4) is 0 Å². The van der Waals surface area contributed by atoms with Crippen molar-refractivity contribution in [2.24, 2.45) is 0 Å². The predicted molar refractivity (Wildman–Crippen MR) is 244 cm³/mol. The smallest absolute Gasteiger partial charge is 0.462 e. The Morgan fingerprint density at radius 3 is 1.34 bits per heavy atom. The zero-order chi connectivity index (χ0) is 42.5. The molecule has 0 saturated carbocycles. The summed E-state index contributed by atoms with van der Waals surface area (Å²) < 4.78 is 32.6. The Morgan fingerprint density at radius 2 is 0.879 bits per heavy atom. The minimum atomic E-state index is -4.30. The van der Waals surface area contributed by atoms with E-state index in [0.29, 0.717) is 6.42 Å². The maximum Gasteiger partial charge on any atom is 0.472 e. The highest BCUT2D eigenvalue weighted by molar-refractivity contribution is 7.47. The van der Waals surface area contributed by atoms with E-state index in [2.05, 4.69) is 111 Å². The normalized spacial score (nSPS) is 14.2. The van der Waals surface area contributed by atoms with Crippen molar-refractivity contribution in [1.82, 2.24) is 0 Å². The molecule has 0 radical (unpaired) electrons. The second-order valence-electron chi connectivity index (χ2n) is 14.3. The Bertz CT molecular complexity index is 1260. The van der Waals surface area contributed by atoms with E-state index >= 15 is 0 Å². The van der Waals surface area contributed by atoms with Crippen molar-refractivity contribution in [2.75, 3.05) is 19.8 Å². The molecular weight excluding hydrogens is 748 g/mol. The predicted octanol–water partition coefficient (Wildman–Crippen LogP) is 14.4. The van der Waals surface area contributed by atoms with Gasteiger partial charge in [-0.15, -0.1) is 0 Å². The van der Waals surface area contributed by atoms with Crippen LogP contribution in [-0.4, -0.2) is 42.8 Å². The summed E-state index contributed by atoms with van der Waals surface area (Å²) in [6, 6.07) is 0. The number of carbonyl (C=O) groups excluding carboxylic acids is 2. The lowest BCUT2D eigenvalue weighted by atomic mass is 10.1. The Balaban J connectivity index is 4.18. The fourth-order valence-electron chi connectivity index (χ4n) is 5.60. The molecule has 0 aliphatic carbocycles. The van der Waals surface area contributed by atoms with E-state index in [1.54, 1.807) is 6.92 Å². The Kier molecular flexibility index (Phi) is 41.3. The number of ether oxygens (including phenoxy) is 2. The van der Waals surface area contributed by atoms with Gasteiger partial charge in [0.2, 0.25) is 0 Å². The lowest BCUT2D eigenvalue weighted by Gasteiger charge is -2.19. The highest BCUT2D eigenvalue weighted by Crippen LogP contribution is 2.43. The van der Waals surface area contributed by atoms with Gasteiger partial charge in [0.25, 0.3) is 0 Å². The number of rotatable bonds is 40. The SMILES string of the molecule is CC/C=C\C/C=C\C/C=C\C/C=C\C/C=C\CCCCCC(=O)OC(COC(=O)CCCCCCCC/C=C\C/C=C\C/C=C\CCCCC)COP(=O)(O)OCC. The fraction of sp³-hybridized carbons (Fsp3) is 0.633. The molecule has 9 heteroatoms. The molecule has 0 saturated heterocycles. The average molecular weight is 829 g/mol. The number of phosphoric ester groups is 1. The van der Waals surface area contributed by atoms with Gasteiger partial charge in [0.1, 0.15) is 6.61 Å². The Hall–Kier alpha value is -3.03. The van der Waals surface area contributed by atoms with Crippen molar-refractivity contribution in [1.29, 1.82) is 0 Å². The minimum absolute atomic E-state index is 0.0144. The van der Waals surface area contributed by atoms with Crippen LogP contribution in [0.15, 0.2) is 97.2 Å². The molecule has 8 nitrogen and oxygen atoms in total. The van der Waals surface area contributed by atoms with E-state index in [-0.39, 0.29) is 26.1 Å². The largest absolute Gasteiger partial charge is 0.472 e. The summed E-state index contributed by atoms with van der Waals surface area (Å²) in [5, 5.41) is 0. The second kappa shape index (κ2) is 43.5. The molecule has 0 spiro atoms. The molecule has 0 aromatic heterocycles. The molecule has 1 N–H and O–H groups in total. The zero-order valence-electron chi connectivity index (χ0n) is 36.7. The Morgan fingerprint density at radius 1 is 0.483 bits per heavy atom. The summed E-state index contributed by atoms with van der Waals surface area (Å²) in [6.45, 7) is 5.26. The number of hydrogen-bond donors (Lipinski definition) is 1. The van der Waals surface area contributed by atoms with Crippen LogP contribution in [0.3, 0.4) is 0 Å². The third kappa shape index (κ3) is 42.6. The molecule has 0 rings (SSSR count). The topological polar surface area (TPSA) is 108 Å². The average Bonchev–Trinajstić information content (AvgIpc) is 3.20. The quantitative estimate of drug-likeness (QED) is 0.0281. The van der Waals surface area contributed by atoms with Gasteiger partial charge in [0.05, 0.1) is 13.2 Å². The summed E-state index contributed by atoms with van der Waals surface area (Å²) in [7, 11) is -4.30. The molecule has 2 atom stereocenters. The van der Waals surface area contributed by atoms with Crippen LogP contribution in [0.5, 0.6) is 0 Å². The second-order valence-corrected chi connectivity index (χ2v) is 15.8. The van der Waals surface area contributed by atoms with Crippen molar-refractivity contribution in [3.63, 3.8) is 0 Å². The molecule has 0 aromatic rings. The third-order valence-electron chi connectivity index (χ3n) is 8.87. The molecule has 0 aromatic carbocycles. The van der Waals surface area contributed by atoms with Gasteiger partial charge in [-0.25, -0.2) is 4.57 Å². The summed E-state index contributed by atoms with van der Waals surface area (Å²) in [5.41, 5.74) is 0. The number of unbranched alkanes of at least 4 members (excludes halogenated alkanes) is 12. The first kappa shape index (κ1) is 55.0. The number of carbonyl (C=O) groups is 2. The molecule has 0 bridgehead atoms. The van der Waals surface area contributed by atoms with E-state index in [4.69, 9.17) is 18.5 Å². The number of hydrogen-bond acceptors (Lipinski definition) is 7. The van der Waals surface area contributed by atoms with Crippen molar-refractivity contribution >= 4 is 19.8 Å². The first-order valence-electron chi connectivity index (χ1n) is 22.5. The molecule has 0 aliphatic heterocycles. The van der Waals surface area contributed by atoms with Crippen LogP contribution < -0.4 is 0 Å². The zero-order valence-corrected chi connectivity index (χ0v) is 37.6. The van der Waals surface area contributed by atoms with Gasteiger partial charge >= 0.3 is 19.8 Å². The van der Waals surface area contributed by atoms with Gasteiger partial charge in [-0.2, -0.15) is 0 Å². The molecule has 0 amide bonds. The lowest BCUT2D eigenvalue weighted by Crippen LogP contribution is -2.29. The van der Waals surface area contributed by atoms with Gasteiger partial charge in [0, 0.05) is 12.8 Å². The van der Waals surface area contributed by atoms with Crippen LogP contribution in [0, 0.1) is 0 Å². The molecule has 0 heterocycles. The third-order valence-corrected chi connectivity index (χ3v) is 9.93. The summed E-state index contributed by atoms with van der Waals surface area (Å²) >= 11 is 0. The summed E-state index contributed by atoms with van der Waals surface area (Å²) in [5.74, 6) is -0.859. The van der Waals surface area contributed by atoms with Crippen LogP contribution >= 0.6 is 7.82 Å². The molecular formula is C49H81O8P. The highest BCUT2D eigenvalue weighted by Gasteiger charge is 2.25. The maximum atomic E-state index is 12.6. The molecule has 2 unspecified atom stereocenters. The van der Waals surface area contributed by atoms with Crippen molar-refractivity contribution in [2.45, 2.75) is 181 Å². The molecule has 330 valence electrons.